The van der Waals surface area contributed by atoms with E-state index in [-0.39, 0.29) is 6.54 Å². The van der Waals surface area contributed by atoms with E-state index in [1.165, 1.54) is 10.7 Å². The van der Waals surface area contributed by atoms with Crippen LogP contribution in [-0.2, 0) is 9.53 Å². The first kappa shape index (κ1) is 18.2. The molecule has 2 aromatic rings. The van der Waals surface area contributed by atoms with Gasteiger partial charge in [-0.25, -0.2) is 9.48 Å². The van der Waals surface area contributed by atoms with Crippen LogP contribution in [0, 0.1) is 19.3 Å². The quantitative estimate of drug-likeness (QED) is 0.637. The fourth-order valence-electron chi connectivity index (χ4n) is 1.93. The fraction of sp³-hybridized carbons (Fsp3) is 0.176. The molecular formula is C17H14ClN3O4. The van der Waals surface area contributed by atoms with E-state index in [1.807, 2.05) is 0 Å². The largest absolute Gasteiger partial charge is 0.451 e. The van der Waals surface area contributed by atoms with E-state index >= 15 is 0 Å². The molecule has 128 valence electrons. The van der Waals surface area contributed by atoms with E-state index in [0.29, 0.717) is 16.4 Å². The number of benzene rings is 1. The van der Waals surface area contributed by atoms with Gasteiger partial charge in [-0.2, -0.15) is 5.10 Å². The number of rotatable bonds is 5. The number of hydrogen-bond donors (Lipinski definition) is 1. The molecule has 1 amide bonds. The predicted octanol–water partition coefficient (Wildman–Crippen LogP) is 1.10. The summed E-state index contributed by atoms with van der Waals surface area (Å²) in [5, 5.41) is 6.91. The number of hydrogen-bond acceptors (Lipinski definition) is 5. The lowest BCUT2D eigenvalue weighted by Gasteiger charge is -2.11. The third kappa shape index (κ3) is 4.68. The van der Waals surface area contributed by atoms with Gasteiger partial charge in [0.15, 0.2) is 6.61 Å². The van der Waals surface area contributed by atoms with Crippen molar-refractivity contribution in [2.75, 3.05) is 13.2 Å². The van der Waals surface area contributed by atoms with Crippen LogP contribution in [0.4, 0.5) is 0 Å². The van der Waals surface area contributed by atoms with Crippen molar-refractivity contribution in [2.24, 2.45) is 0 Å². The van der Waals surface area contributed by atoms with E-state index in [0.717, 1.165) is 0 Å². The number of carbonyl (C=O) groups excluding carboxylic acids is 2. The molecule has 0 saturated carbocycles. The van der Waals surface area contributed by atoms with Crippen LogP contribution in [0.1, 0.15) is 16.2 Å². The molecule has 0 saturated heterocycles. The smallest absolute Gasteiger partial charge is 0.363 e. The number of amides is 1. The monoisotopic (exact) mass is 359 g/mol. The second kappa shape index (κ2) is 8.13. The molecule has 0 aliphatic carbocycles. The number of halogens is 1. The molecule has 7 nitrogen and oxygen atoms in total. The highest BCUT2D eigenvalue weighted by atomic mass is 35.5. The summed E-state index contributed by atoms with van der Waals surface area (Å²) in [6.45, 7) is 1.13. The van der Waals surface area contributed by atoms with Crippen LogP contribution in [0.3, 0.4) is 0 Å². The number of aryl methyl sites for hydroxylation is 1. The zero-order chi connectivity index (χ0) is 18.4. The van der Waals surface area contributed by atoms with Gasteiger partial charge in [-0.05, 0) is 31.2 Å². The number of ether oxygens (including phenoxy) is 1. The molecule has 0 aliphatic heterocycles. The maximum absolute atomic E-state index is 12.1. The number of carbonyl (C=O) groups is 2. The van der Waals surface area contributed by atoms with Crippen molar-refractivity contribution < 1.29 is 14.3 Å². The summed E-state index contributed by atoms with van der Waals surface area (Å²) in [4.78, 5) is 35.5. The van der Waals surface area contributed by atoms with E-state index in [4.69, 9.17) is 22.8 Å². The highest BCUT2D eigenvalue weighted by molar-refractivity contribution is 6.30. The molecule has 0 spiro atoms. The van der Waals surface area contributed by atoms with Gasteiger partial charge in [-0.15, -0.1) is 6.42 Å². The van der Waals surface area contributed by atoms with Crippen molar-refractivity contribution in [3.05, 3.63) is 57.0 Å². The maximum atomic E-state index is 12.1. The van der Waals surface area contributed by atoms with Gasteiger partial charge in [0.1, 0.15) is 0 Å². The summed E-state index contributed by atoms with van der Waals surface area (Å²) in [5.41, 5.74) is 0.111. The van der Waals surface area contributed by atoms with Crippen LogP contribution in [0.5, 0.6) is 0 Å². The minimum Gasteiger partial charge on any atom is -0.451 e. The zero-order valence-electron chi connectivity index (χ0n) is 13.3. The molecule has 1 N–H and O–H groups in total. The van der Waals surface area contributed by atoms with Gasteiger partial charge in [0.2, 0.25) is 11.1 Å². The molecule has 0 radical (unpaired) electrons. The molecule has 1 aromatic heterocycles. The average molecular weight is 360 g/mol. The number of esters is 1. The summed E-state index contributed by atoms with van der Waals surface area (Å²) in [6.07, 6.45) is 5.00. The molecule has 0 unspecified atom stereocenters. The molecular weight excluding hydrogens is 346 g/mol. The molecule has 1 aromatic carbocycles. The Morgan fingerprint density at radius 2 is 2.04 bits per heavy atom. The molecule has 1 heterocycles. The minimum atomic E-state index is -0.997. The van der Waals surface area contributed by atoms with Crippen molar-refractivity contribution in [3.8, 4) is 18.0 Å². The van der Waals surface area contributed by atoms with Gasteiger partial charge >= 0.3 is 5.97 Å². The standard InChI is InChI=1S/C17H14ClN3O4/c1-3-8-19-15(23)10-25-17(24)16-14(22)9-11(2)21(20-16)13-6-4-12(18)5-7-13/h1,4-7,9H,8,10H2,2H3,(H,19,23). The van der Waals surface area contributed by atoms with Crippen molar-refractivity contribution in [1.82, 2.24) is 15.1 Å². The highest BCUT2D eigenvalue weighted by Gasteiger charge is 2.18. The summed E-state index contributed by atoms with van der Waals surface area (Å²) in [7, 11) is 0. The summed E-state index contributed by atoms with van der Waals surface area (Å²) in [5.74, 6) is 0.646. The van der Waals surface area contributed by atoms with Gasteiger partial charge in [0.25, 0.3) is 5.91 Å². The van der Waals surface area contributed by atoms with Crippen LogP contribution < -0.4 is 10.7 Å². The number of nitrogens with zero attached hydrogens (tertiary/aromatic N) is 2. The van der Waals surface area contributed by atoms with E-state index in [9.17, 15) is 14.4 Å². The lowest BCUT2D eigenvalue weighted by Crippen LogP contribution is -2.31. The number of aromatic nitrogens is 2. The van der Waals surface area contributed by atoms with Crippen molar-refractivity contribution in [2.45, 2.75) is 6.92 Å². The number of terminal acetylenes is 1. The first-order valence-electron chi connectivity index (χ1n) is 7.16. The Labute approximate surface area is 148 Å². The second-order valence-electron chi connectivity index (χ2n) is 4.94. The molecule has 0 atom stereocenters. The second-order valence-corrected chi connectivity index (χ2v) is 5.38. The summed E-state index contributed by atoms with van der Waals surface area (Å²) in [6, 6.07) is 7.95. The Morgan fingerprint density at radius 3 is 2.68 bits per heavy atom. The molecule has 0 fully saturated rings. The van der Waals surface area contributed by atoms with Crippen LogP contribution in [-0.4, -0.2) is 34.8 Å². The first-order valence-corrected chi connectivity index (χ1v) is 7.54. The van der Waals surface area contributed by atoms with Gasteiger partial charge in [-0.3, -0.25) is 9.59 Å². The molecule has 2 rings (SSSR count). The Kier molecular flexibility index (Phi) is 5.93. The van der Waals surface area contributed by atoms with E-state index in [2.05, 4.69) is 16.3 Å². The number of nitrogens with one attached hydrogen (secondary N) is 1. The maximum Gasteiger partial charge on any atom is 0.363 e. The zero-order valence-corrected chi connectivity index (χ0v) is 14.0. The van der Waals surface area contributed by atoms with Gasteiger partial charge in [0, 0.05) is 16.8 Å². The lowest BCUT2D eigenvalue weighted by molar-refractivity contribution is -0.123. The molecule has 8 heteroatoms. The Morgan fingerprint density at radius 1 is 1.36 bits per heavy atom. The summed E-state index contributed by atoms with van der Waals surface area (Å²) >= 11 is 5.85. The predicted molar refractivity (Wildman–Crippen MR) is 91.7 cm³/mol. The molecule has 0 bridgehead atoms. The topological polar surface area (TPSA) is 90.3 Å². The van der Waals surface area contributed by atoms with Crippen LogP contribution >= 0.6 is 11.6 Å². The normalized spacial score (nSPS) is 9.96. The molecule has 25 heavy (non-hydrogen) atoms. The fourth-order valence-corrected chi connectivity index (χ4v) is 2.06. The highest BCUT2D eigenvalue weighted by Crippen LogP contribution is 2.13. The van der Waals surface area contributed by atoms with Crippen LogP contribution in [0.25, 0.3) is 5.69 Å². The Bertz CT molecular complexity index is 898. The molecule has 0 aliphatic rings. The lowest BCUT2D eigenvalue weighted by atomic mass is 10.3. The van der Waals surface area contributed by atoms with Gasteiger partial charge < -0.3 is 10.1 Å². The summed E-state index contributed by atoms with van der Waals surface area (Å²) < 4.78 is 6.21. The van der Waals surface area contributed by atoms with Crippen molar-refractivity contribution in [3.63, 3.8) is 0 Å². The van der Waals surface area contributed by atoms with E-state index in [1.54, 1.807) is 31.2 Å². The third-order valence-electron chi connectivity index (χ3n) is 3.09. The van der Waals surface area contributed by atoms with Crippen molar-refractivity contribution >= 4 is 23.5 Å². The van der Waals surface area contributed by atoms with Gasteiger partial charge in [-0.1, -0.05) is 17.5 Å². The van der Waals surface area contributed by atoms with Crippen LogP contribution in [0.15, 0.2) is 35.1 Å². The average Bonchev–Trinajstić information content (AvgIpc) is 2.59. The minimum absolute atomic E-state index is 0.0164. The first-order chi connectivity index (χ1) is 11.9. The Hall–Kier alpha value is -3.11. The van der Waals surface area contributed by atoms with Gasteiger partial charge in [0.05, 0.1) is 12.2 Å². The third-order valence-corrected chi connectivity index (χ3v) is 3.35. The van der Waals surface area contributed by atoms with Crippen LogP contribution in [0.2, 0.25) is 5.02 Å². The van der Waals surface area contributed by atoms with Crippen molar-refractivity contribution in [1.29, 1.82) is 0 Å². The van der Waals surface area contributed by atoms with E-state index < -0.39 is 29.6 Å². The Balaban J connectivity index is 2.23. The SMILES string of the molecule is C#CCNC(=O)COC(=O)c1nn(-c2ccc(Cl)cc2)c(C)cc1=O.